The van der Waals surface area contributed by atoms with E-state index in [2.05, 4.69) is 36.4 Å². The fraction of sp³-hybridized carbons (Fsp3) is 0.667. The van der Waals surface area contributed by atoms with Crippen molar-refractivity contribution in [2.45, 2.75) is 44.6 Å². The molecule has 17 heavy (non-hydrogen) atoms. The number of nitrogens with one attached hydrogen (secondary N) is 1. The molecule has 0 aromatic carbocycles. The number of nitrogens with zero attached hydrogens (tertiary/aromatic N) is 1. The minimum absolute atomic E-state index is 0.638. The lowest BCUT2D eigenvalue weighted by atomic mass is 9.80. The lowest BCUT2D eigenvalue weighted by Gasteiger charge is -2.31. The highest BCUT2D eigenvalue weighted by molar-refractivity contribution is 5.28. The SMILES string of the molecule is CNC(C1CCCc2cccnc21)C1CC1C. The second-order valence-electron chi connectivity index (χ2n) is 5.74. The van der Waals surface area contributed by atoms with Crippen LogP contribution >= 0.6 is 0 Å². The van der Waals surface area contributed by atoms with E-state index < -0.39 is 0 Å². The molecule has 1 aromatic heterocycles. The minimum atomic E-state index is 0.638. The summed E-state index contributed by atoms with van der Waals surface area (Å²) in [7, 11) is 2.12. The molecule has 1 aromatic rings. The summed E-state index contributed by atoms with van der Waals surface area (Å²) in [6.45, 7) is 2.37. The summed E-state index contributed by atoms with van der Waals surface area (Å²) in [5, 5.41) is 3.57. The Labute approximate surface area is 104 Å². The van der Waals surface area contributed by atoms with Crippen LogP contribution in [0.3, 0.4) is 0 Å². The maximum Gasteiger partial charge on any atom is 0.0482 e. The number of likely N-dealkylation sites (N-methyl/N-ethyl adjacent to an activating group) is 1. The van der Waals surface area contributed by atoms with Crippen LogP contribution in [-0.2, 0) is 6.42 Å². The Kier molecular flexibility index (Phi) is 2.91. The maximum atomic E-state index is 4.66. The van der Waals surface area contributed by atoms with Crippen molar-refractivity contribution in [2.75, 3.05) is 7.05 Å². The fourth-order valence-corrected chi connectivity index (χ4v) is 3.56. The lowest BCUT2D eigenvalue weighted by Crippen LogP contribution is -2.36. The van der Waals surface area contributed by atoms with Gasteiger partial charge >= 0.3 is 0 Å². The number of rotatable bonds is 3. The Balaban J connectivity index is 1.88. The van der Waals surface area contributed by atoms with Crippen LogP contribution in [0.25, 0.3) is 0 Å². The van der Waals surface area contributed by atoms with Crippen LogP contribution in [0.1, 0.15) is 43.4 Å². The predicted octanol–water partition coefficient (Wildman–Crippen LogP) is 2.75. The molecule has 0 amide bonds. The monoisotopic (exact) mass is 230 g/mol. The summed E-state index contributed by atoms with van der Waals surface area (Å²) in [4.78, 5) is 4.66. The van der Waals surface area contributed by atoms with Crippen LogP contribution in [0.4, 0.5) is 0 Å². The van der Waals surface area contributed by atoms with E-state index in [0.717, 1.165) is 11.8 Å². The molecule has 1 saturated carbocycles. The molecule has 0 bridgehead atoms. The summed E-state index contributed by atoms with van der Waals surface area (Å²) in [6.07, 6.45) is 7.20. The first kappa shape index (κ1) is 11.2. The largest absolute Gasteiger partial charge is 0.316 e. The van der Waals surface area contributed by atoms with E-state index >= 15 is 0 Å². The van der Waals surface area contributed by atoms with E-state index in [0.29, 0.717) is 12.0 Å². The van der Waals surface area contributed by atoms with Crippen LogP contribution < -0.4 is 5.32 Å². The molecular formula is C15H22N2. The zero-order chi connectivity index (χ0) is 11.8. The third kappa shape index (κ3) is 1.99. The second-order valence-corrected chi connectivity index (χ2v) is 5.74. The molecule has 92 valence electrons. The van der Waals surface area contributed by atoms with Gasteiger partial charge in [-0.2, -0.15) is 0 Å². The number of hydrogen-bond donors (Lipinski definition) is 1. The van der Waals surface area contributed by atoms with Crippen molar-refractivity contribution in [3.8, 4) is 0 Å². The second kappa shape index (κ2) is 4.41. The van der Waals surface area contributed by atoms with E-state index in [9.17, 15) is 0 Å². The highest BCUT2D eigenvalue weighted by Gasteiger charge is 2.43. The van der Waals surface area contributed by atoms with Gasteiger partial charge in [-0.25, -0.2) is 0 Å². The van der Waals surface area contributed by atoms with Gasteiger partial charge in [0.05, 0.1) is 0 Å². The normalized spacial score (nSPS) is 32.9. The number of hydrogen-bond acceptors (Lipinski definition) is 2. The van der Waals surface area contributed by atoms with E-state index in [1.807, 2.05) is 6.20 Å². The third-order valence-electron chi connectivity index (χ3n) is 4.64. The van der Waals surface area contributed by atoms with Crippen LogP contribution in [0, 0.1) is 11.8 Å². The van der Waals surface area contributed by atoms with Gasteiger partial charge in [-0.3, -0.25) is 4.98 Å². The molecule has 0 aliphatic heterocycles. The molecule has 2 aliphatic rings. The molecule has 2 heteroatoms. The Hall–Kier alpha value is -0.890. The molecule has 2 aliphatic carbocycles. The summed E-state index contributed by atoms with van der Waals surface area (Å²) in [5.74, 6) is 2.42. The molecular weight excluding hydrogens is 208 g/mol. The van der Waals surface area contributed by atoms with Gasteiger partial charge < -0.3 is 5.32 Å². The van der Waals surface area contributed by atoms with Gasteiger partial charge in [0, 0.05) is 23.9 Å². The predicted molar refractivity (Wildman–Crippen MR) is 70.0 cm³/mol. The number of pyridine rings is 1. The van der Waals surface area contributed by atoms with Crippen molar-refractivity contribution in [3.05, 3.63) is 29.6 Å². The highest BCUT2D eigenvalue weighted by atomic mass is 14.9. The summed E-state index contributed by atoms with van der Waals surface area (Å²) >= 11 is 0. The van der Waals surface area contributed by atoms with E-state index in [-0.39, 0.29) is 0 Å². The van der Waals surface area contributed by atoms with Crippen molar-refractivity contribution < 1.29 is 0 Å². The van der Waals surface area contributed by atoms with Crippen molar-refractivity contribution in [2.24, 2.45) is 11.8 Å². The van der Waals surface area contributed by atoms with Crippen LogP contribution in [0.15, 0.2) is 18.3 Å². The van der Waals surface area contributed by atoms with Crippen LogP contribution in [-0.4, -0.2) is 18.1 Å². The molecule has 1 N–H and O–H groups in total. The Morgan fingerprint density at radius 2 is 2.29 bits per heavy atom. The third-order valence-corrected chi connectivity index (χ3v) is 4.64. The van der Waals surface area contributed by atoms with Crippen LogP contribution in [0.5, 0.6) is 0 Å². The van der Waals surface area contributed by atoms with Gasteiger partial charge in [0.1, 0.15) is 0 Å². The molecule has 4 unspecified atom stereocenters. The van der Waals surface area contributed by atoms with Gasteiger partial charge in [0.2, 0.25) is 0 Å². The highest BCUT2D eigenvalue weighted by Crippen LogP contribution is 2.47. The van der Waals surface area contributed by atoms with Crippen LogP contribution in [0.2, 0.25) is 0 Å². The molecule has 2 nitrogen and oxygen atoms in total. The Morgan fingerprint density at radius 3 is 3.00 bits per heavy atom. The first-order valence-corrected chi connectivity index (χ1v) is 6.92. The molecule has 4 atom stereocenters. The molecule has 0 radical (unpaired) electrons. The van der Waals surface area contributed by atoms with Crippen molar-refractivity contribution in [1.29, 1.82) is 0 Å². The van der Waals surface area contributed by atoms with E-state index in [4.69, 9.17) is 0 Å². The van der Waals surface area contributed by atoms with Crippen molar-refractivity contribution in [1.82, 2.24) is 10.3 Å². The molecule has 3 rings (SSSR count). The topological polar surface area (TPSA) is 24.9 Å². The molecule has 1 fully saturated rings. The first-order chi connectivity index (χ1) is 8.31. The molecule has 1 heterocycles. The van der Waals surface area contributed by atoms with Gasteiger partial charge in [0.15, 0.2) is 0 Å². The van der Waals surface area contributed by atoms with E-state index in [1.54, 1.807) is 0 Å². The van der Waals surface area contributed by atoms with Crippen molar-refractivity contribution >= 4 is 0 Å². The molecule has 0 spiro atoms. The van der Waals surface area contributed by atoms with E-state index in [1.165, 1.54) is 36.9 Å². The fourth-order valence-electron chi connectivity index (χ4n) is 3.56. The van der Waals surface area contributed by atoms with Gasteiger partial charge in [0.25, 0.3) is 0 Å². The number of aryl methyl sites for hydroxylation is 1. The van der Waals surface area contributed by atoms with Gasteiger partial charge in [-0.15, -0.1) is 0 Å². The van der Waals surface area contributed by atoms with Crippen molar-refractivity contribution in [3.63, 3.8) is 0 Å². The minimum Gasteiger partial charge on any atom is -0.316 e. The molecule has 0 saturated heterocycles. The summed E-state index contributed by atoms with van der Waals surface area (Å²) < 4.78 is 0. The lowest BCUT2D eigenvalue weighted by molar-refractivity contribution is 0.362. The maximum absolute atomic E-state index is 4.66. The number of fused-ring (bicyclic) bond motifs is 1. The summed E-state index contributed by atoms with van der Waals surface area (Å²) in [6, 6.07) is 4.98. The quantitative estimate of drug-likeness (QED) is 0.863. The van der Waals surface area contributed by atoms with Gasteiger partial charge in [-0.1, -0.05) is 13.0 Å². The number of aromatic nitrogens is 1. The average Bonchev–Trinajstić information content (AvgIpc) is 3.08. The standard InChI is InChI=1S/C15H22N2/c1-10-9-13(10)15(16-2)12-7-3-5-11-6-4-8-17-14(11)12/h4,6,8,10,12-13,15-16H,3,5,7,9H2,1-2H3. The zero-order valence-corrected chi connectivity index (χ0v) is 10.8. The average molecular weight is 230 g/mol. The Bertz CT molecular complexity index is 402. The first-order valence-electron chi connectivity index (χ1n) is 6.92. The Morgan fingerprint density at radius 1 is 1.47 bits per heavy atom. The smallest absolute Gasteiger partial charge is 0.0482 e. The van der Waals surface area contributed by atoms with Gasteiger partial charge in [-0.05, 0) is 56.2 Å². The zero-order valence-electron chi connectivity index (χ0n) is 10.8. The summed E-state index contributed by atoms with van der Waals surface area (Å²) in [5.41, 5.74) is 2.86.